The number of aliphatic hydroxyl groups is 1. The normalized spacial score (nSPS) is 30.0. The first-order valence-corrected chi connectivity index (χ1v) is 11.6. The van der Waals surface area contributed by atoms with Crippen molar-refractivity contribution in [1.29, 1.82) is 0 Å². The highest BCUT2D eigenvalue weighted by Gasteiger charge is 2.69. The van der Waals surface area contributed by atoms with Gasteiger partial charge < -0.3 is 9.84 Å². The molecular formula is C25H22Cl2N2O3. The highest BCUT2D eigenvalue weighted by Crippen LogP contribution is 2.73. The zero-order chi connectivity index (χ0) is 22.1. The molecule has 2 heterocycles. The van der Waals surface area contributed by atoms with Crippen molar-refractivity contribution in [1.82, 2.24) is 9.78 Å². The minimum absolute atomic E-state index is 0.0290. The number of hydrogen-bond donors (Lipinski definition) is 1. The highest BCUT2D eigenvalue weighted by molar-refractivity contribution is 6.31. The fraction of sp³-hybridized carbons (Fsp3) is 0.360. The van der Waals surface area contributed by atoms with Crippen molar-refractivity contribution < 1.29 is 14.6 Å². The van der Waals surface area contributed by atoms with Gasteiger partial charge in [-0.2, -0.15) is 5.10 Å². The molecule has 3 aliphatic carbocycles. The van der Waals surface area contributed by atoms with E-state index in [0.717, 1.165) is 30.4 Å². The molecule has 164 valence electrons. The van der Waals surface area contributed by atoms with E-state index in [-0.39, 0.29) is 23.2 Å². The first-order chi connectivity index (χ1) is 15.3. The number of hydrogen-bond acceptors (Lipinski definition) is 4. The number of aliphatic hydroxyl groups excluding tert-OH is 1. The summed E-state index contributed by atoms with van der Waals surface area (Å²) in [6.45, 7) is 0. The second kappa shape index (κ2) is 7.08. The van der Waals surface area contributed by atoms with Gasteiger partial charge in [0.2, 0.25) is 0 Å². The van der Waals surface area contributed by atoms with E-state index in [1.165, 1.54) is 0 Å². The number of carbonyl (C=O) groups is 1. The van der Waals surface area contributed by atoms with Crippen molar-refractivity contribution in [3.8, 4) is 16.9 Å². The zero-order valence-corrected chi connectivity index (χ0v) is 18.8. The summed E-state index contributed by atoms with van der Waals surface area (Å²) in [6.07, 6.45) is 6.26. The summed E-state index contributed by atoms with van der Waals surface area (Å²) in [4.78, 5) is 13.0. The van der Waals surface area contributed by atoms with E-state index in [0.29, 0.717) is 27.8 Å². The minimum Gasteiger partial charge on any atom is -0.482 e. The molecule has 2 bridgehead atoms. The van der Waals surface area contributed by atoms with Gasteiger partial charge in [-0.3, -0.25) is 9.48 Å². The average Bonchev–Trinajstić information content (AvgIpc) is 3.20. The van der Waals surface area contributed by atoms with Crippen molar-refractivity contribution in [3.63, 3.8) is 0 Å². The van der Waals surface area contributed by atoms with Gasteiger partial charge in [0.05, 0.1) is 17.8 Å². The third kappa shape index (κ3) is 3.18. The van der Waals surface area contributed by atoms with Crippen LogP contribution in [0.1, 0.15) is 43.8 Å². The Balaban J connectivity index is 1.10. The second-order valence-electron chi connectivity index (χ2n) is 9.62. The van der Waals surface area contributed by atoms with E-state index in [4.69, 9.17) is 27.9 Å². The molecule has 0 amide bonds. The van der Waals surface area contributed by atoms with Crippen LogP contribution >= 0.6 is 23.2 Å². The van der Waals surface area contributed by atoms with Gasteiger partial charge in [0, 0.05) is 40.2 Å². The highest BCUT2D eigenvalue weighted by atomic mass is 35.5. The van der Waals surface area contributed by atoms with Crippen LogP contribution < -0.4 is 4.74 Å². The largest absolute Gasteiger partial charge is 0.482 e. The zero-order valence-electron chi connectivity index (χ0n) is 17.3. The van der Waals surface area contributed by atoms with E-state index < -0.39 is 12.2 Å². The van der Waals surface area contributed by atoms with Crippen LogP contribution in [0.2, 0.25) is 10.0 Å². The maximum atomic E-state index is 13.0. The van der Waals surface area contributed by atoms with Crippen LogP contribution in [0.15, 0.2) is 54.9 Å². The molecule has 3 fully saturated rings. The monoisotopic (exact) mass is 468 g/mol. The van der Waals surface area contributed by atoms with Crippen LogP contribution in [-0.4, -0.2) is 26.8 Å². The van der Waals surface area contributed by atoms with Gasteiger partial charge in [-0.05, 0) is 60.6 Å². The van der Waals surface area contributed by atoms with Crippen molar-refractivity contribution in [2.75, 3.05) is 0 Å². The van der Waals surface area contributed by atoms with Crippen LogP contribution in [0.3, 0.4) is 0 Å². The third-order valence-electron chi connectivity index (χ3n) is 7.30. The number of rotatable bonds is 5. The summed E-state index contributed by atoms with van der Waals surface area (Å²) < 4.78 is 8.00. The summed E-state index contributed by atoms with van der Waals surface area (Å²) in [7, 11) is 0. The van der Waals surface area contributed by atoms with Crippen LogP contribution in [0, 0.1) is 5.41 Å². The Hall–Kier alpha value is -2.34. The van der Waals surface area contributed by atoms with Crippen molar-refractivity contribution in [3.05, 3.63) is 70.5 Å². The molecule has 1 N–H and O–H groups in total. The lowest BCUT2D eigenvalue weighted by atomic mass is 9.38. The Kier molecular flexibility index (Phi) is 4.49. The number of benzene rings is 2. The first kappa shape index (κ1) is 20.3. The number of carbonyl (C=O) groups excluding carboxylic acids is 1. The van der Waals surface area contributed by atoms with Gasteiger partial charge in [0.25, 0.3) is 0 Å². The standard InChI is InChI=1S/C25H22Cl2N2O3/c26-17-3-1-15(2-4-17)16-10-28-29(11-16)25-12-24(13-25,14-25)9-21(31)23-8-20(30)19-7-18(27)5-6-22(19)32-23/h1-7,10-11,20,23,30H,8-9,12-14H2/t20-,23+,24?,25?/m1/s1. The molecule has 5 nitrogen and oxygen atoms in total. The predicted molar refractivity (Wildman–Crippen MR) is 122 cm³/mol. The molecule has 1 aromatic heterocycles. The van der Waals surface area contributed by atoms with Crippen LogP contribution in [0.25, 0.3) is 11.1 Å². The van der Waals surface area contributed by atoms with Crippen LogP contribution in [0.5, 0.6) is 5.75 Å². The molecule has 1 aliphatic heterocycles. The Morgan fingerprint density at radius 3 is 2.56 bits per heavy atom. The van der Waals surface area contributed by atoms with Gasteiger partial charge in [-0.1, -0.05) is 35.3 Å². The SMILES string of the molecule is O=C(CC12CC(n3cc(-c4ccc(Cl)cc4)cn3)(C1)C2)[C@@H]1C[C@@H](O)c2cc(Cl)ccc2O1. The van der Waals surface area contributed by atoms with Crippen LogP contribution in [-0.2, 0) is 10.3 Å². The van der Waals surface area contributed by atoms with Crippen molar-refractivity contribution in [2.45, 2.75) is 49.9 Å². The van der Waals surface area contributed by atoms with Crippen LogP contribution in [0.4, 0.5) is 0 Å². The number of aromatic nitrogens is 2. The molecule has 32 heavy (non-hydrogen) atoms. The maximum absolute atomic E-state index is 13.0. The molecule has 3 aromatic rings. The van der Waals surface area contributed by atoms with E-state index in [1.54, 1.807) is 18.2 Å². The molecule has 0 unspecified atom stereocenters. The number of Topliss-reactive ketones (excluding diaryl/α,β-unsaturated/α-hetero) is 1. The molecule has 0 radical (unpaired) electrons. The smallest absolute Gasteiger partial charge is 0.173 e. The number of fused-ring (bicyclic) bond motifs is 1. The molecule has 0 saturated heterocycles. The predicted octanol–water partition coefficient (Wildman–Crippen LogP) is 5.58. The lowest BCUT2D eigenvalue weighted by molar-refractivity contribution is -0.200. The van der Waals surface area contributed by atoms with E-state index in [2.05, 4.69) is 16.0 Å². The number of halogens is 2. The molecule has 7 rings (SSSR count). The minimum atomic E-state index is -0.735. The molecular weight excluding hydrogens is 447 g/mol. The number of nitrogens with zero attached hydrogens (tertiary/aromatic N) is 2. The van der Waals surface area contributed by atoms with E-state index >= 15 is 0 Å². The van der Waals surface area contributed by atoms with E-state index in [9.17, 15) is 9.90 Å². The summed E-state index contributed by atoms with van der Waals surface area (Å²) in [5.41, 5.74) is 2.88. The van der Waals surface area contributed by atoms with Crippen molar-refractivity contribution in [2.24, 2.45) is 5.41 Å². The molecule has 2 atom stereocenters. The van der Waals surface area contributed by atoms with Gasteiger partial charge in [0.1, 0.15) is 5.75 Å². The maximum Gasteiger partial charge on any atom is 0.173 e. The quantitative estimate of drug-likeness (QED) is 0.530. The Morgan fingerprint density at radius 1 is 1.09 bits per heavy atom. The summed E-state index contributed by atoms with van der Waals surface area (Å²) in [5.74, 6) is 0.618. The van der Waals surface area contributed by atoms with Gasteiger partial charge in [-0.15, -0.1) is 0 Å². The average molecular weight is 469 g/mol. The lowest BCUT2D eigenvalue weighted by Gasteiger charge is -2.70. The molecule has 7 heteroatoms. The van der Waals surface area contributed by atoms with Gasteiger partial charge in [-0.25, -0.2) is 0 Å². The topological polar surface area (TPSA) is 64.4 Å². The fourth-order valence-electron chi connectivity index (χ4n) is 5.84. The first-order valence-electron chi connectivity index (χ1n) is 10.8. The molecule has 3 saturated carbocycles. The van der Waals surface area contributed by atoms with Gasteiger partial charge >= 0.3 is 0 Å². The lowest BCUT2D eigenvalue weighted by Crippen LogP contribution is -2.68. The Morgan fingerprint density at radius 2 is 1.81 bits per heavy atom. The Bertz CT molecular complexity index is 1200. The van der Waals surface area contributed by atoms with Gasteiger partial charge in [0.15, 0.2) is 11.9 Å². The summed E-state index contributed by atoms with van der Waals surface area (Å²) >= 11 is 12.0. The number of ketones is 1. The molecule has 2 aromatic carbocycles. The Labute approximate surface area is 195 Å². The van der Waals surface area contributed by atoms with Crippen molar-refractivity contribution >= 4 is 29.0 Å². The number of ether oxygens (including phenoxy) is 1. The van der Waals surface area contributed by atoms with E-state index in [1.807, 2.05) is 30.5 Å². The second-order valence-corrected chi connectivity index (χ2v) is 10.5. The molecule has 4 aliphatic rings. The summed E-state index contributed by atoms with van der Waals surface area (Å²) in [6, 6.07) is 12.9. The molecule has 0 spiro atoms. The summed E-state index contributed by atoms with van der Waals surface area (Å²) in [5, 5.41) is 16.4. The third-order valence-corrected chi connectivity index (χ3v) is 7.79. The fourth-order valence-corrected chi connectivity index (χ4v) is 6.15.